The van der Waals surface area contributed by atoms with Crippen LogP contribution in [0.2, 0.25) is 5.15 Å². The molecular weight excluding hydrogens is 1400 g/mol. The van der Waals surface area contributed by atoms with Gasteiger partial charge in [-0.3, -0.25) is 27.1 Å². The lowest BCUT2D eigenvalue weighted by atomic mass is 10.1. The number of methoxy groups -OCH3 is 2. The molecule has 0 amide bonds. The Labute approximate surface area is 587 Å². The summed E-state index contributed by atoms with van der Waals surface area (Å²) >= 11 is 6.07. The summed E-state index contributed by atoms with van der Waals surface area (Å²) in [6.07, 6.45) is 4.13. The van der Waals surface area contributed by atoms with Gasteiger partial charge in [0.15, 0.2) is 17.1 Å². The van der Waals surface area contributed by atoms with Crippen molar-refractivity contribution in [3.05, 3.63) is 123 Å². The quantitative estimate of drug-likeness (QED) is 0.0665. The molecule has 0 spiro atoms. The molecule has 9 rings (SSSR count). The number of carboxylic acids is 1. The van der Waals surface area contributed by atoms with Crippen LogP contribution in [0.1, 0.15) is 90.9 Å². The first-order chi connectivity index (χ1) is 49.6. The van der Waals surface area contributed by atoms with Crippen molar-refractivity contribution in [2.45, 2.75) is 47.1 Å². The number of aryl methyl sites for hydroxylation is 8. The number of anilines is 4. The second-order valence-electron chi connectivity index (χ2n) is 20.9. The Morgan fingerprint density at radius 1 is 0.556 bits per heavy atom. The molecule has 0 aliphatic rings. The summed E-state index contributed by atoms with van der Waals surface area (Å²) in [5.74, 6) is -3.08. The van der Waals surface area contributed by atoms with E-state index < -0.39 is 91.0 Å². The van der Waals surface area contributed by atoms with Crippen LogP contribution in [-0.4, -0.2) is 208 Å². The molecular formula is C57H70ClN21O16S4. The third-order valence-electron chi connectivity index (χ3n) is 13.4. The van der Waals surface area contributed by atoms with Crippen LogP contribution in [-0.2, 0) is 93.7 Å². The second kappa shape index (κ2) is 31.3. The Bertz CT molecular complexity index is 5390. The maximum atomic E-state index is 12.7. The first-order valence-corrected chi connectivity index (χ1v) is 35.6. The molecule has 42 heteroatoms. The maximum absolute atomic E-state index is 12.7. The first-order valence-electron chi connectivity index (χ1n) is 32.3. The van der Waals surface area contributed by atoms with Crippen molar-refractivity contribution in [2.75, 3.05) is 77.8 Å². The number of esters is 3. The average Bonchev–Trinajstić information content (AvgIpc) is 1.09. The summed E-state index contributed by atoms with van der Waals surface area (Å²) in [5, 5.41) is 40.2. The number of nitrogens with one attached hydrogen (secondary N) is 1. The normalized spacial score (nSPS) is 13.4. The highest BCUT2D eigenvalue weighted by molar-refractivity contribution is 7.92. The number of carbonyl (C=O) groups is 4. The van der Waals surface area contributed by atoms with Gasteiger partial charge in [0, 0.05) is 73.2 Å². The summed E-state index contributed by atoms with van der Waals surface area (Å²) in [5.41, 5.74) is 3.50. The van der Waals surface area contributed by atoms with Gasteiger partial charge >= 0.3 is 23.9 Å². The van der Waals surface area contributed by atoms with Crippen LogP contribution in [0.25, 0.3) is 45.6 Å². The van der Waals surface area contributed by atoms with Gasteiger partial charge in [-0.25, -0.2) is 87.0 Å². The molecule has 0 aliphatic carbocycles. The highest BCUT2D eigenvalue weighted by Gasteiger charge is 2.28. The van der Waals surface area contributed by atoms with E-state index in [1.54, 1.807) is 52.2 Å². The highest BCUT2D eigenvalue weighted by Crippen LogP contribution is 2.31. The van der Waals surface area contributed by atoms with Crippen molar-refractivity contribution < 1.29 is 84.5 Å². The number of ether oxygens (including phenoxy) is 3. The molecule has 530 valence electrons. The largest absolute Gasteiger partial charge is 0.476 e. The molecule has 0 saturated carbocycles. The van der Waals surface area contributed by atoms with Crippen LogP contribution >= 0.6 is 11.6 Å². The molecule has 1 atom stereocenters. The van der Waals surface area contributed by atoms with E-state index in [-0.39, 0.29) is 103 Å². The Hall–Kier alpha value is -10.5. The fourth-order valence-electron chi connectivity index (χ4n) is 8.63. The summed E-state index contributed by atoms with van der Waals surface area (Å²) in [7, 11) is -7.12. The minimum absolute atomic E-state index is 0.00978. The van der Waals surface area contributed by atoms with Crippen LogP contribution in [0, 0.1) is 27.7 Å². The fourth-order valence-corrected chi connectivity index (χ4v) is 11.2. The third-order valence-corrected chi connectivity index (χ3v) is 16.9. The predicted octanol–water partition coefficient (Wildman–Crippen LogP) is 3.47. The lowest BCUT2D eigenvalue weighted by molar-refractivity contribution is -0.147. The van der Waals surface area contributed by atoms with Crippen molar-refractivity contribution in [3.63, 3.8) is 0 Å². The lowest BCUT2D eigenvalue weighted by Crippen LogP contribution is -2.25. The van der Waals surface area contributed by atoms with Gasteiger partial charge in [-0.15, -0.1) is 20.4 Å². The van der Waals surface area contributed by atoms with Crippen molar-refractivity contribution in [1.29, 1.82) is 0 Å². The molecule has 0 saturated heterocycles. The SMILES string of the molecule is COC(=O)c1c(-c2ccc(NS(C)(=O)=O)c(C)n2)nnn1C.[2H]C([2H])([2H])N(c1ccc(-c2nnn(C)c2C(=O)O)nc1C)S(C)(=O)=O.[2H]C([2H])([2H])N(c1ccc(-c2nnn(C)c2C(=O)OC)nc1C)S(C)(=O)=O.[2H]C([2H])([2H])N(c1ccc(-c2nnn(C)c2CC(=O)O[C@H](C)c2cccnc2Cl)nc1C)S(C)(=O)=O. The van der Waals surface area contributed by atoms with Crippen LogP contribution in [0.5, 0.6) is 0 Å². The van der Waals surface area contributed by atoms with Crippen molar-refractivity contribution >= 4 is 98.3 Å². The monoisotopic (exact) mass is 1480 g/mol. The van der Waals surface area contributed by atoms with Crippen LogP contribution in [0.15, 0.2) is 66.9 Å². The van der Waals surface area contributed by atoms with E-state index >= 15 is 0 Å². The molecule has 99 heavy (non-hydrogen) atoms. The van der Waals surface area contributed by atoms with E-state index in [0.717, 1.165) is 29.7 Å². The van der Waals surface area contributed by atoms with E-state index in [0.29, 0.717) is 41.2 Å². The molecule has 0 aromatic carbocycles. The fraction of sp³-hybridized carbons (Fsp3) is 0.351. The predicted molar refractivity (Wildman–Crippen MR) is 361 cm³/mol. The molecule has 9 aromatic heterocycles. The molecule has 37 nitrogen and oxygen atoms in total. The number of hydrogen-bond donors (Lipinski definition) is 2. The number of carbonyl (C=O) groups excluding carboxylic acids is 3. The van der Waals surface area contributed by atoms with Crippen molar-refractivity contribution in [3.8, 4) is 45.6 Å². The Balaban J connectivity index is 0.000000229. The number of carboxylic acid groups (broad SMARTS) is 1. The number of halogens is 1. The van der Waals surface area contributed by atoms with Crippen LogP contribution in [0.3, 0.4) is 0 Å². The minimum Gasteiger partial charge on any atom is -0.476 e. The zero-order valence-electron chi connectivity index (χ0n) is 64.2. The van der Waals surface area contributed by atoms with Gasteiger partial charge in [0.05, 0.1) is 120 Å². The van der Waals surface area contributed by atoms with Gasteiger partial charge < -0.3 is 19.3 Å². The number of pyridine rings is 5. The zero-order chi connectivity index (χ0) is 81.6. The number of nitrogens with zero attached hydrogens (tertiary/aromatic N) is 20. The molecule has 9 aromatic rings. The van der Waals surface area contributed by atoms with E-state index in [9.17, 15) is 58.0 Å². The molecule has 0 unspecified atom stereocenters. The van der Waals surface area contributed by atoms with Crippen molar-refractivity contribution in [1.82, 2.24) is 84.9 Å². The molecule has 0 radical (unpaired) electrons. The number of aromatic carboxylic acids is 1. The topological polar surface area (TPSA) is 462 Å². The summed E-state index contributed by atoms with van der Waals surface area (Å²) < 4.78 is 185. The number of aromatic nitrogens is 17. The van der Waals surface area contributed by atoms with E-state index in [1.165, 1.54) is 106 Å². The Morgan fingerprint density at radius 3 is 1.27 bits per heavy atom. The minimum atomic E-state index is -4.11. The first kappa shape index (κ1) is 64.5. The van der Waals surface area contributed by atoms with Gasteiger partial charge in [0.1, 0.15) is 34.0 Å². The van der Waals surface area contributed by atoms with Gasteiger partial charge in [-0.1, -0.05) is 38.5 Å². The maximum Gasteiger partial charge on any atom is 0.358 e. The van der Waals surface area contributed by atoms with Crippen LogP contribution in [0.4, 0.5) is 22.7 Å². The Kier molecular flexibility index (Phi) is 20.4. The second-order valence-corrected chi connectivity index (χ2v) is 28.5. The summed E-state index contributed by atoms with van der Waals surface area (Å²) in [6, 6.07) is 14.4. The number of hydrogen-bond acceptors (Lipinski definition) is 28. The number of rotatable bonds is 19. The molecule has 0 bridgehead atoms. The molecule has 2 N–H and O–H groups in total. The highest BCUT2D eigenvalue weighted by atomic mass is 35.5. The summed E-state index contributed by atoms with van der Waals surface area (Å²) in [4.78, 5) is 68.6. The van der Waals surface area contributed by atoms with E-state index in [1.807, 2.05) is 0 Å². The molecule has 9 heterocycles. The third kappa shape index (κ3) is 19.0. The smallest absolute Gasteiger partial charge is 0.358 e. The molecule has 0 aliphatic heterocycles. The zero-order valence-corrected chi connectivity index (χ0v) is 59.2. The average molecular weight is 1480 g/mol. The summed E-state index contributed by atoms with van der Waals surface area (Å²) in [6.45, 7) is -1.11. The van der Waals surface area contributed by atoms with Gasteiger partial charge in [0.25, 0.3) is 0 Å². The molecule has 0 fully saturated rings. The van der Waals surface area contributed by atoms with Gasteiger partial charge in [-0.2, -0.15) is 0 Å². The Morgan fingerprint density at radius 2 is 0.919 bits per heavy atom. The van der Waals surface area contributed by atoms with Gasteiger partial charge in [0.2, 0.25) is 40.1 Å². The van der Waals surface area contributed by atoms with Crippen molar-refractivity contribution in [2.24, 2.45) is 28.2 Å². The standard InChI is InChI=1S/C20H23ClN6O4S.C13H17N5O4S.2C12H15N5O4S/c1-12-16(27(4)32(5,29)30)9-8-15(23-12)19-17(26(3)25-24-19)11-18(28)31-13(2)14-7-6-10-22-20(14)21;1-8-10(18(3)23(5,20)21)7-6-9(14-8)11-12(13(19)22-4)17(2)16-15-11;1-7-9(17(3)22(4,20)21)6-5-8(13-7)10-11(12(18)19)16(2)15-14-10;1-7-8(15-22(4,19)20)5-6-9(13-7)10-11(12(18)21-3)17(2)16-14-10/h6-10,13H,11H2,1-5H3;6-7H,1-5H3;5-6H,1-4H3,(H,18,19);5-6,15H,1-4H3/t13-;;;/m1.../s1/i4D3;2*3D3;. The lowest BCUT2D eigenvalue weighted by Gasteiger charge is -2.18. The van der Waals surface area contributed by atoms with Crippen LogP contribution < -0.4 is 17.6 Å². The van der Waals surface area contributed by atoms with Gasteiger partial charge in [-0.05, 0) is 89.2 Å². The number of sulfonamides is 4. The van der Waals surface area contributed by atoms with E-state index in [2.05, 4.69) is 75.6 Å². The van der Waals surface area contributed by atoms with E-state index in [4.69, 9.17) is 33.4 Å².